The van der Waals surface area contributed by atoms with Gasteiger partial charge in [0, 0.05) is 18.1 Å². The second kappa shape index (κ2) is 6.75. The van der Waals surface area contributed by atoms with Crippen molar-refractivity contribution in [2.24, 2.45) is 5.92 Å². The van der Waals surface area contributed by atoms with E-state index in [0.717, 1.165) is 30.0 Å². The van der Waals surface area contributed by atoms with Crippen LogP contribution in [0.2, 0.25) is 0 Å². The molecule has 1 saturated heterocycles. The summed E-state index contributed by atoms with van der Waals surface area (Å²) < 4.78 is 1.66. The molecule has 2 heterocycles. The van der Waals surface area contributed by atoms with E-state index >= 15 is 0 Å². The van der Waals surface area contributed by atoms with E-state index in [-0.39, 0.29) is 29.1 Å². The lowest BCUT2D eigenvalue weighted by molar-refractivity contribution is -0.124. The zero-order valence-corrected chi connectivity index (χ0v) is 15.4. The van der Waals surface area contributed by atoms with Crippen LogP contribution in [0.4, 0.5) is 0 Å². The Kier molecular flexibility index (Phi) is 4.44. The highest BCUT2D eigenvalue weighted by molar-refractivity contribution is 8.00. The quantitative estimate of drug-likeness (QED) is 0.799. The number of nitrogens with zero attached hydrogens (tertiary/aromatic N) is 3. The first-order valence-corrected chi connectivity index (χ1v) is 9.89. The number of para-hydroxylation sites is 1. The number of nitrogens with one attached hydrogen (secondary N) is 2. The first-order valence-electron chi connectivity index (χ1n) is 8.73. The molecule has 4 rings (SSSR count). The predicted molar refractivity (Wildman–Crippen MR) is 99.4 cm³/mol. The third-order valence-corrected chi connectivity index (χ3v) is 6.09. The van der Waals surface area contributed by atoms with Crippen LogP contribution in [-0.4, -0.2) is 50.2 Å². The topological polar surface area (TPSA) is 88.9 Å². The number of rotatable bonds is 6. The maximum Gasteiger partial charge on any atom is 0.291 e. The van der Waals surface area contributed by atoms with E-state index in [1.54, 1.807) is 16.4 Å². The van der Waals surface area contributed by atoms with E-state index in [1.165, 1.54) is 0 Å². The number of carbonyl (C=O) groups is 2. The molecule has 0 radical (unpaired) electrons. The van der Waals surface area contributed by atoms with E-state index in [2.05, 4.69) is 20.7 Å². The molecule has 2 fully saturated rings. The molecular weight excluding hydrogens is 350 g/mol. The molecule has 2 amide bonds. The summed E-state index contributed by atoms with van der Waals surface area (Å²) in [5, 5.41) is 10.3. The molecule has 0 unspecified atom stereocenters. The fourth-order valence-corrected chi connectivity index (χ4v) is 3.66. The molecule has 2 N–H and O–H groups in total. The summed E-state index contributed by atoms with van der Waals surface area (Å²) >= 11 is 1.78. The van der Waals surface area contributed by atoms with Crippen LogP contribution in [0.3, 0.4) is 0 Å². The number of amides is 2. The van der Waals surface area contributed by atoms with Gasteiger partial charge in [0.05, 0.1) is 17.1 Å². The van der Waals surface area contributed by atoms with Gasteiger partial charge in [0.2, 0.25) is 11.7 Å². The van der Waals surface area contributed by atoms with Gasteiger partial charge in [-0.25, -0.2) is 9.67 Å². The largest absolute Gasteiger partial charge is 0.353 e. The second-order valence-corrected chi connectivity index (χ2v) is 7.99. The summed E-state index contributed by atoms with van der Waals surface area (Å²) in [4.78, 5) is 28.9. The SMILES string of the molecule is Cc1nc(C(=O)NC2(CNC(=O)C3CSC3)CC2)nn1-c1ccccc1. The van der Waals surface area contributed by atoms with Crippen molar-refractivity contribution in [3.8, 4) is 5.69 Å². The normalized spacial score (nSPS) is 18.0. The van der Waals surface area contributed by atoms with Crippen LogP contribution in [0.1, 0.15) is 29.3 Å². The summed E-state index contributed by atoms with van der Waals surface area (Å²) in [6.45, 7) is 2.29. The van der Waals surface area contributed by atoms with Gasteiger partial charge >= 0.3 is 0 Å². The van der Waals surface area contributed by atoms with E-state index < -0.39 is 0 Å². The first kappa shape index (κ1) is 17.1. The number of hydrogen-bond donors (Lipinski definition) is 2. The molecule has 26 heavy (non-hydrogen) atoms. The average Bonchev–Trinajstić information content (AvgIpc) is 3.24. The molecule has 136 valence electrons. The molecule has 2 aromatic rings. The maximum atomic E-state index is 12.6. The minimum atomic E-state index is -0.351. The highest BCUT2D eigenvalue weighted by Gasteiger charge is 2.45. The van der Waals surface area contributed by atoms with Gasteiger partial charge in [-0.05, 0) is 31.9 Å². The number of carbonyl (C=O) groups excluding carboxylic acids is 2. The lowest BCUT2D eigenvalue weighted by Crippen LogP contribution is -2.48. The van der Waals surface area contributed by atoms with Gasteiger partial charge in [0.25, 0.3) is 5.91 Å². The fraction of sp³-hybridized carbons (Fsp3) is 0.444. The molecule has 0 bridgehead atoms. The van der Waals surface area contributed by atoms with E-state index in [9.17, 15) is 9.59 Å². The van der Waals surface area contributed by atoms with Crippen LogP contribution in [0.5, 0.6) is 0 Å². The van der Waals surface area contributed by atoms with Gasteiger partial charge < -0.3 is 10.6 Å². The van der Waals surface area contributed by atoms with Crippen molar-refractivity contribution < 1.29 is 9.59 Å². The van der Waals surface area contributed by atoms with Gasteiger partial charge in [0.15, 0.2) is 0 Å². The molecule has 1 aliphatic heterocycles. The summed E-state index contributed by atoms with van der Waals surface area (Å²) in [6.07, 6.45) is 1.72. The first-order chi connectivity index (χ1) is 12.6. The zero-order valence-electron chi connectivity index (χ0n) is 14.6. The Morgan fingerprint density at radius 1 is 1.27 bits per heavy atom. The van der Waals surface area contributed by atoms with E-state index in [1.807, 2.05) is 37.3 Å². The molecule has 1 aromatic heterocycles. The Balaban J connectivity index is 1.39. The third-order valence-electron chi connectivity index (χ3n) is 4.81. The lowest BCUT2D eigenvalue weighted by Gasteiger charge is -2.25. The Hall–Kier alpha value is -2.35. The van der Waals surface area contributed by atoms with Gasteiger partial charge in [-0.1, -0.05) is 18.2 Å². The van der Waals surface area contributed by atoms with Crippen molar-refractivity contribution in [2.45, 2.75) is 25.3 Å². The number of benzene rings is 1. The summed E-state index contributed by atoms with van der Waals surface area (Å²) in [5.41, 5.74) is 0.513. The molecule has 8 heteroatoms. The van der Waals surface area contributed by atoms with Crippen LogP contribution in [-0.2, 0) is 4.79 Å². The molecule has 7 nitrogen and oxygen atoms in total. The summed E-state index contributed by atoms with van der Waals surface area (Å²) in [7, 11) is 0. The maximum absolute atomic E-state index is 12.6. The molecule has 0 atom stereocenters. The Morgan fingerprint density at radius 2 is 2.00 bits per heavy atom. The monoisotopic (exact) mass is 371 g/mol. The number of hydrogen-bond acceptors (Lipinski definition) is 5. The second-order valence-electron chi connectivity index (χ2n) is 6.92. The summed E-state index contributed by atoms with van der Waals surface area (Å²) in [5.74, 6) is 2.51. The highest BCUT2D eigenvalue weighted by Crippen LogP contribution is 2.35. The standard InChI is InChI=1S/C18H21N5O2S/c1-12-20-15(22-23(12)14-5-3-2-4-6-14)17(25)21-18(7-8-18)11-19-16(24)13-9-26-10-13/h2-6,13H,7-11H2,1H3,(H,19,24)(H,21,25). The molecule has 1 aromatic carbocycles. The minimum Gasteiger partial charge on any atom is -0.353 e. The Labute approximate surface area is 155 Å². The average molecular weight is 371 g/mol. The molecule has 1 saturated carbocycles. The van der Waals surface area contributed by atoms with E-state index in [4.69, 9.17) is 0 Å². The smallest absolute Gasteiger partial charge is 0.291 e. The molecule has 2 aliphatic rings. The van der Waals surface area contributed by atoms with Crippen molar-refractivity contribution >= 4 is 23.6 Å². The van der Waals surface area contributed by atoms with Gasteiger partial charge in [-0.2, -0.15) is 11.8 Å². The Morgan fingerprint density at radius 3 is 2.62 bits per heavy atom. The van der Waals surface area contributed by atoms with Crippen LogP contribution < -0.4 is 10.6 Å². The molecule has 1 aliphatic carbocycles. The summed E-state index contributed by atoms with van der Waals surface area (Å²) in [6, 6.07) is 9.59. The van der Waals surface area contributed by atoms with Crippen molar-refractivity contribution in [1.82, 2.24) is 25.4 Å². The number of thioether (sulfide) groups is 1. The fourth-order valence-electron chi connectivity index (χ4n) is 2.88. The zero-order chi connectivity index (χ0) is 18.1. The third kappa shape index (κ3) is 3.46. The highest BCUT2D eigenvalue weighted by atomic mass is 32.2. The van der Waals surface area contributed by atoms with Crippen molar-refractivity contribution in [3.63, 3.8) is 0 Å². The lowest BCUT2D eigenvalue weighted by atomic mass is 10.1. The number of aromatic nitrogens is 3. The van der Waals surface area contributed by atoms with Crippen molar-refractivity contribution in [1.29, 1.82) is 0 Å². The van der Waals surface area contributed by atoms with Gasteiger partial charge in [0.1, 0.15) is 5.82 Å². The Bertz CT molecular complexity index is 827. The van der Waals surface area contributed by atoms with Crippen molar-refractivity contribution in [3.05, 3.63) is 42.0 Å². The van der Waals surface area contributed by atoms with Gasteiger partial charge in [-0.3, -0.25) is 9.59 Å². The predicted octanol–water partition coefficient (Wildman–Crippen LogP) is 1.32. The van der Waals surface area contributed by atoms with Gasteiger partial charge in [-0.15, -0.1) is 5.10 Å². The number of aryl methyl sites for hydroxylation is 1. The van der Waals surface area contributed by atoms with E-state index in [0.29, 0.717) is 12.4 Å². The van der Waals surface area contributed by atoms with Crippen LogP contribution in [0.15, 0.2) is 30.3 Å². The van der Waals surface area contributed by atoms with Crippen LogP contribution >= 0.6 is 11.8 Å². The van der Waals surface area contributed by atoms with Crippen LogP contribution in [0, 0.1) is 12.8 Å². The van der Waals surface area contributed by atoms with Crippen molar-refractivity contribution in [2.75, 3.05) is 18.1 Å². The molecular formula is C18H21N5O2S. The molecule has 0 spiro atoms. The van der Waals surface area contributed by atoms with Crippen LogP contribution in [0.25, 0.3) is 5.69 Å². The minimum absolute atomic E-state index is 0.0894.